The molecule has 6 nitrogen and oxygen atoms in total. The number of hydrogen-bond acceptors (Lipinski definition) is 4. The van der Waals surface area contributed by atoms with Crippen molar-refractivity contribution in [2.45, 2.75) is 12.5 Å². The third-order valence-electron chi connectivity index (χ3n) is 2.94. The molecule has 0 spiro atoms. The van der Waals surface area contributed by atoms with Crippen LogP contribution in [0.1, 0.15) is 10.4 Å². The Hall–Kier alpha value is -2.29. The van der Waals surface area contributed by atoms with Crippen LogP contribution in [0.15, 0.2) is 24.3 Å². The van der Waals surface area contributed by atoms with Crippen molar-refractivity contribution in [2.75, 3.05) is 19.7 Å². The maximum absolute atomic E-state index is 12.2. The predicted octanol–water partition coefficient (Wildman–Crippen LogP) is 1.51. The first kappa shape index (κ1) is 16.1. The minimum atomic E-state index is -4.85. The summed E-state index contributed by atoms with van der Waals surface area (Å²) < 4.78 is 45.2. The number of ether oxygens (including phenoxy) is 2. The number of carboxylic acids is 1. The van der Waals surface area contributed by atoms with Crippen molar-refractivity contribution in [1.29, 1.82) is 0 Å². The Kier molecular flexibility index (Phi) is 4.55. The molecule has 1 amide bonds. The molecule has 0 bridgehead atoms. The van der Waals surface area contributed by atoms with Gasteiger partial charge < -0.3 is 19.5 Å². The molecular weight excluding hydrogens is 307 g/mol. The van der Waals surface area contributed by atoms with Crippen LogP contribution < -0.4 is 4.74 Å². The Labute approximate surface area is 123 Å². The molecule has 0 aliphatic carbocycles. The summed E-state index contributed by atoms with van der Waals surface area (Å²) in [5.41, 5.74) is -0.0206. The second kappa shape index (κ2) is 6.22. The molecule has 2 rings (SSSR count). The van der Waals surface area contributed by atoms with Gasteiger partial charge in [0.15, 0.2) is 6.10 Å². The predicted molar refractivity (Wildman–Crippen MR) is 66.4 cm³/mol. The summed E-state index contributed by atoms with van der Waals surface area (Å²) in [6.45, 7) is 0.0347. The molecule has 1 aromatic rings. The molecule has 1 aliphatic heterocycles. The molecule has 1 atom stereocenters. The molecule has 0 aromatic heterocycles. The number of benzene rings is 1. The highest BCUT2D eigenvalue weighted by atomic mass is 19.4. The van der Waals surface area contributed by atoms with Crippen LogP contribution in [0.4, 0.5) is 13.2 Å². The first-order valence-corrected chi connectivity index (χ1v) is 6.26. The number of carbonyl (C=O) groups is 2. The van der Waals surface area contributed by atoms with Gasteiger partial charge in [0.2, 0.25) is 0 Å². The smallest absolute Gasteiger partial charge is 0.479 e. The normalized spacial score (nSPS) is 18.9. The van der Waals surface area contributed by atoms with Crippen molar-refractivity contribution in [1.82, 2.24) is 4.90 Å². The molecule has 0 saturated carbocycles. The fraction of sp³-hybridized carbons (Fsp3) is 0.385. The van der Waals surface area contributed by atoms with Gasteiger partial charge >= 0.3 is 12.3 Å². The third kappa shape index (κ3) is 4.10. The third-order valence-corrected chi connectivity index (χ3v) is 2.94. The van der Waals surface area contributed by atoms with Gasteiger partial charge in [-0.1, -0.05) is 6.07 Å². The number of rotatable bonds is 3. The van der Waals surface area contributed by atoms with E-state index in [0.29, 0.717) is 0 Å². The van der Waals surface area contributed by atoms with Crippen LogP contribution in [0, 0.1) is 0 Å². The van der Waals surface area contributed by atoms with Gasteiger partial charge in [0, 0.05) is 12.1 Å². The molecule has 1 saturated heterocycles. The highest BCUT2D eigenvalue weighted by Gasteiger charge is 2.32. The van der Waals surface area contributed by atoms with Crippen molar-refractivity contribution in [3.8, 4) is 5.75 Å². The lowest BCUT2D eigenvalue weighted by molar-refractivity contribution is -0.274. The largest absolute Gasteiger partial charge is 0.573 e. The number of halogens is 3. The Morgan fingerprint density at radius 2 is 2.09 bits per heavy atom. The standard InChI is InChI=1S/C13H12F3NO5/c14-13(15,16)22-9-3-1-2-8(6-9)11(18)17-4-5-21-10(7-17)12(19)20/h1-3,6,10H,4-5,7H2,(H,19,20). The van der Waals surface area contributed by atoms with Gasteiger partial charge in [-0.3, -0.25) is 4.79 Å². The van der Waals surface area contributed by atoms with Gasteiger partial charge in [0.1, 0.15) is 5.75 Å². The van der Waals surface area contributed by atoms with Gasteiger partial charge in [-0.05, 0) is 18.2 Å². The molecule has 22 heavy (non-hydrogen) atoms. The SMILES string of the molecule is O=C(O)C1CN(C(=O)c2cccc(OC(F)(F)F)c2)CCO1. The lowest BCUT2D eigenvalue weighted by atomic mass is 10.1. The average molecular weight is 319 g/mol. The quantitative estimate of drug-likeness (QED) is 0.914. The molecule has 1 fully saturated rings. The first-order valence-electron chi connectivity index (χ1n) is 6.26. The van der Waals surface area contributed by atoms with E-state index in [1.54, 1.807) is 0 Å². The molecular formula is C13H12F3NO5. The van der Waals surface area contributed by atoms with E-state index in [9.17, 15) is 22.8 Å². The van der Waals surface area contributed by atoms with E-state index in [-0.39, 0.29) is 25.3 Å². The zero-order chi connectivity index (χ0) is 16.3. The van der Waals surface area contributed by atoms with Crippen LogP contribution in [0.2, 0.25) is 0 Å². The number of nitrogens with zero attached hydrogens (tertiary/aromatic N) is 1. The molecule has 1 N–H and O–H groups in total. The topological polar surface area (TPSA) is 76.1 Å². The van der Waals surface area contributed by atoms with Crippen LogP contribution in [0.3, 0.4) is 0 Å². The molecule has 1 unspecified atom stereocenters. The maximum Gasteiger partial charge on any atom is 0.573 e. The summed E-state index contributed by atoms with van der Waals surface area (Å²) in [7, 11) is 0. The second-order valence-corrected chi connectivity index (χ2v) is 4.52. The summed E-state index contributed by atoms with van der Waals surface area (Å²) in [4.78, 5) is 24.3. The van der Waals surface area contributed by atoms with Crippen LogP contribution in [-0.2, 0) is 9.53 Å². The van der Waals surface area contributed by atoms with E-state index in [0.717, 1.165) is 12.1 Å². The van der Waals surface area contributed by atoms with Crippen LogP contribution in [0.25, 0.3) is 0 Å². The number of carboxylic acid groups (broad SMARTS) is 1. The molecule has 0 radical (unpaired) electrons. The zero-order valence-electron chi connectivity index (χ0n) is 11.2. The van der Waals surface area contributed by atoms with Crippen molar-refractivity contribution in [3.05, 3.63) is 29.8 Å². The lowest BCUT2D eigenvalue weighted by Gasteiger charge is -2.31. The average Bonchev–Trinajstić information content (AvgIpc) is 2.45. The van der Waals surface area contributed by atoms with Gasteiger partial charge in [-0.25, -0.2) is 4.79 Å². The summed E-state index contributed by atoms with van der Waals surface area (Å²) >= 11 is 0. The van der Waals surface area contributed by atoms with Crippen LogP contribution in [0.5, 0.6) is 5.75 Å². The van der Waals surface area contributed by atoms with Gasteiger partial charge in [0.05, 0.1) is 13.2 Å². The Morgan fingerprint density at radius 3 is 2.73 bits per heavy atom. The highest BCUT2D eigenvalue weighted by Crippen LogP contribution is 2.24. The summed E-state index contributed by atoms with van der Waals surface area (Å²) in [6.07, 6.45) is -6.00. The number of morpholine rings is 1. The van der Waals surface area contributed by atoms with Crippen molar-refractivity contribution in [2.24, 2.45) is 0 Å². The summed E-state index contributed by atoms with van der Waals surface area (Å²) in [6, 6.07) is 4.62. The van der Waals surface area contributed by atoms with E-state index < -0.39 is 30.1 Å². The Balaban J connectivity index is 2.12. The molecule has 9 heteroatoms. The highest BCUT2D eigenvalue weighted by molar-refractivity contribution is 5.95. The monoisotopic (exact) mass is 319 g/mol. The van der Waals surface area contributed by atoms with Crippen molar-refractivity contribution >= 4 is 11.9 Å². The minimum Gasteiger partial charge on any atom is -0.479 e. The fourth-order valence-corrected chi connectivity index (χ4v) is 1.99. The maximum atomic E-state index is 12.2. The Morgan fingerprint density at radius 1 is 1.36 bits per heavy atom. The van der Waals surface area contributed by atoms with Crippen LogP contribution in [-0.4, -0.2) is 54.0 Å². The summed E-state index contributed by atoms with van der Waals surface area (Å²) in [5, 5.41) is 8.87. The molecule has 120 valence electrons. The molecule has 1 heterocycles. The lowest BCUT2D eigenvalue weighted by Crippen LogP contribution is -2.48. The minimum absolute atomic E-state index is 0.0206. The van der Waals surface area contributed by atoms with E-state index in [1.807, 2.05) is 0 Å². The number of aliphatic carboxylic acids is 1. The van der Waals surface area contributed by atoms with E-state index >= 15 is 0 Å². The number of hydrogen-bond donors (Lipinski definition) is 1. The zero-order valence-corrected chi connectivity index (χ0v) is 11.2. The van der Waals surface area contributed by atoms with E-state index in [1.165, 1.54) is 17.0 Å². The van der Waals surface area contributed by atoms with Crippen molar-refractivity contribution in [3.63, 3.8) is 0 Å². The van der Waals surface area contributed by atoms with Gasteiger partial charge in [-0.15, -0.1) is 13.2 Å². The summed E-state index contributed by atoms with van der Waals surface area (Å²) in [5.74, 6) is -2.30. The Bertz CT molecular complexity index is 575. The fourth-order valence-electron chi connectivity index (χ4n) is 1.99. The molecule has 1 aliphatic rings. The van der Waals surface area contributed by atoms with Gasteiger partial charge in [0.25, 0.3) is 5.91 Å². The van der Waals surface area contributed by atoms with E-state index in [2.05, 4.69) is 4.74 Å². The first-order chi connectivity index (χ1) is 10.3. The van der Waals surface area contributed by atoms with Gasteiger partial charge in [-0.2, -0.15) is 0 Å². The number of alkyl halides is 3. The molecule has 1 aromatic carbocycles. The number of amides is 1. The number of carbonyl (C=O) groups excluding carboxylic acids is 1. The second-order valence-electron chi connectivity index (χ2n) is 4.52. The van der Waals surface area contributed by atoms with Crippen LogP contribution >= 0.6 is 0 Å². The van der Waals surface area contributed by atoms with E-state index in [4.69, 9.17) is 9.84 Å². The van der Waals surface area contributed by atoms with Crippen molar-refractivity contribution < 1.29 is 37.3 Å².